The molecule has 0 bridgehead atoms. The average Bonchev–Trinajstić information content (AvgIpc) is 2.29. The average molecular weight is 222 g/mol. The number of phenols is 1. The summed E-state index contributed by atoms with van der Waals surface area (Å²) in [5.41, 5.74) is 4.29. The van der Waals surface area contributed by atoms with Gasteiger partial charge in [-0.3, -0.25) is 0 Å². The van der Waals surface area contributed by atoms with Gasteiger partial charge in [-0.1, -0.05) is 20.8 Å². The summed E-state index contributed by atoms with van der Waals surface area (Å²) >= 11 is 0. The first-order valence-electron chi connectivity index (χ1n) is 6.02. The van der Waals surface area contributed by atoms with Crippen molar-refractivity contribution in [3.05, 3.63) is 22.3 Å². The normalized spacial score (nSPS) is 10.6. The van der Waals surface area contributed by atoms with Crippen molar-refractivity contribution in [1.82, 2.24) is 0 Å². The van der Waals surface area contributed by atoms with Gasteiger partial charge >= 0.3 is 0 Å². The van der Waals surface area contributed by atoms with Crippen molar-refractivity contribution in [1.29, 1.82) is 0 Å². The van der Waals surface area contributed by atoms with Crippen LogP contribution >= 0.6 is 0 Å². The molecule has 0 spiro atoms. The molecule has 0 unspecified atom stereocenters. The Bertz CT molecular complexity index is 350. The van der Waals surface area contributed by atoms with Gasteiger partial charge in [0.05, 0.1) is 7.11 Å². The standard InChI is InChI=1S/C14H22O2/c1-6-10-9(4)14(16-5)12(8-3)11(7-2)13(10)15/h15H,6-8H2,1-5H3. The monoisotopic (exact) mass is 222 g/mol. The highest BCUT2D eigenvalue weighted by atomic mass is 16.5. The van der Waals surface area contributed by atoms with Gasteiger partial charge in [0.2, 0.25) is 0 Å². The number of ether oxygens (including phenoxy) is 1. The SMILES string of the molecule is CCc1c(C)c(OC)c(CC)c(CC)c1O. The molecular formula is C14H22O2. The van der Waals surface area contributed by atoms with Crippen molar-refractivity contribution in [2.45, 2.75) is 47.0 Å². The van der Waals surface area contributed by atoms with Gasteiger partial charge in [-0.05, 0) is 31.7 Å². The molecule has 2 heteroatoms. The van der Waals surface area contributed by atoms with Crippen LogP contribution in [0.15, 0.2) is 0 Å². The van der Waals surface area contributed by atoms with Crippen molar-refractivity contribution in [3.63, 3.8) is 0 Å². The molecule has 1 aromatic carbocycles. The molecule has 1 rings (SSSR count). The maximum atomic E-state index is 10.2. The second-order valence-electron chi connectivity index (χ2n) is 4.00. The lowest BCUT2D eigenvalue weighted by Gasteiger charge is -2.20. The highest BCUT2D eigenvalue weighted by Crippen LogP contribution is 2.38. The van der Waals surface area contributed by atoms with E-state index >= 15 is 0 Å². The number of benzene rings is 1. The van der Waals surface area contributed by atoms with Crippen LogP contribution in [0, 0.1) is 6.92 Å². The molecule has 0 aliphatic rings. The number of hydrogen-bond donors (Lipinski definition) is 1. The summed E-state index contributed by atoms with van der Waals surface area (Å²) in [5, 5.41) is 10.2. The van der Waals surface area contributed by atoms with Crippen LogP contribution < -0.4 is 4.74 Å². The summed E-state index contributed by atoms with van der Waals surface area (Å²) in [4.78, 5) is 0. The van der Waals surface area contributed by atoms with E-state index < -0.39 is 0 Å². The van der Waals surface area contributed by atoms with E-state index in [0.717, 1.165) is 47.3 Å². The molecule has 0 fully saturated rings. The fraction of sp³-hybridized carbons (Fsp3) is 0.571. The first-order valence-corrected chi connectivity index (χ1v) is 6.02. The van der Waals surface area contributed by atoms with Crippen LogP contribution in [0.25, 0.3) is 0 Å². The van der Waals surface area contributed by atoms with Crippen LogP contribution in [-0.2, 0) is 19.3 Å². The van der Waals surface area contributed by atoms with Gasteiger partial charge < -0.3 is 9.84 Å². The zero-order valence-corrected chi connectivity index (χ0v) is 11.0. The minimum absolute atomic E-state index is 0.472. The zero-order valence-electron chi connectivity index (χ0n) is 11.0. The molecule has 0 amide bonds. The maximum Gasteiger partial charge on any atom is 0.125 e. The highest BCUT2D eigenvalue weighted by molar-refractivity contribution is 5.58. The van der Waals surface area contributed by atoms with Crippen molar-refractivity contribution >= 4 is 0 Å². The lowest BCUT2D eigenvalue weighted by atomic mass is 9.92. The number of rotatable bonds is 4. The van der Waals surface area contributed by atoms with Gasteiger partial charge in [0, 0.05) is 16.7 Å². The molecule has 2 nitrogen and oxygen atoms in total. The van der Waals surface area contributed by atoms with Crippen molar-refractivity contribution in [2.24, 2.45) is 0 Å². The fourth-order valence-electron chi connectivity index (χ4n) is 2.47. The summed E-state index contributed by atoms with van der Waals surface area (Å²) in [5.74, 6) is 1.43. The van der Waals surface area contributed by atoms with Gasteiger partial charge in [0.15, 0.2) is 0 Å². The second-order valence-corrected chi connectivity index (χ2v) is 4.00. The van der Waals surface area contributed by atoms with E-state index in [1.165, 1.54) is 0 Å². The molecule has 0 aromatic heterocycles. The molecule has 90 valence electrons. The third kappa shape index (κ3) is 1.89. The molecule has 0 saturated heterocycles. The van der Waals surface area contributed by atoms with Crippen LogP contribution in [0.2, 0.25) is 0 Å². The maximum absolute atomic E-state index is 10.2. The van der Waals surface area contributed by atoms with E-state index in [4.69, 9.17) is 4.74 Å². The first-order chi connectivity index (χ1) is 7.62. The number of phenolic OH excluding ortho intramolecular Hbond substituents is 1. The smallest absolute Gasteiger partial charge is 0.125 e. The summed E-state index contributed by atoms with van der Waals surface area (Å²) in [6.45, 7) is 8.26. The molecule has 0 saturated carbocycles. The van der Waals surface area contributed by atoms with Crippen molar-refractivity contribution < 1.29 is 9.84 Å². The third-order valence-electron chi connectivity index (χ3n) is 3.27. The molecule has 16 heavy (non-hydrogen) atoms. The van der Waals surface area contributed by atoms with Crippen LogP contribution in [0.5, 0.6) is 11.5 Å². The number of aromatic hydroxyl groups is 1. The van der Waals surface area contributed by atoms with Gasteiger partial charge in [-0.25, -0.2) is 0 Å². The minimum atomic E-state index is 0.472. The lowest BCUT2D eigenvalue weighted by Crippen LogP contribution is -2.03. The van der Waals surface area contributed by atoms with Gasteiger partial charge in [-0.2, -0.15) is 0 Å². The van der Waals surface area contributed by atoms with Crippen LogP contribution in [0.1, 0.15) is 43.0 Å². The molecule has 0 heterocycles. The van der Waals surface area contributed by atoms with Crippen molar-refractivity contribution in [2.75, 3.05) is 7.11 Å². The largest absolute Gasteiger partial charge is 0.507 e. The first kappa shape index (κ1) is 12.9. The van der Waals surface area contributed by atoms with E-state index in [9.17, 15) is 5.11 Å². The second kappa shape index (κ2) is 5.24. The van der Waals surface area contributed by atoms with E-state index in [1.807, 2.05) is 6.92 Å². The Morgan fingerprint density at radius 1 is 0.938 bits per heavy atom. The van der Waals surface area contributed by atoms with Crippen LogP contribution in [-0.4, -0.2) is 12.2 Å². The summed E-state index contributed by atoms with van der Waals surface area (Å²) in [6, 6.07) is 0. The number of hydrogen-bond acceptors (Lipinski definition) is 2. The Kier molecular flexibility index (Phi) is 4.22. The Hall–Kier alpha value is -1.18. The van der Waals surface area contributed by atoms with Crippen molar-refractivity contribution in [3.8, 4) is 11.5 Å². The zero-order chi connectivity index (χ0) is 12.3. The van der Waals surface area contributed by atoms with E-state index in [2.05, 4.69) is 20.8 Å². The molecule has 1 aromatic rings. The molecule has 0 aliphatic heterocycles. The third-order valence-corrected chi connectivity index (χ3v) is 3.27. The fourth-order valence-corrected chi connectivity index (χ4v) is 2.47. The predicted molar refractivity (Wildman–Crippen MR) is 67.5 cm³/mol. The van der Waals surface area contributed by atoms with E-state index in [1.54, 1.807) is 7.11 Å². The van der Waals surface area contributed by atoms with Gasteiger partial charge in [0.25, 0.3) is 0 Å². The topological polar surface area (TPSA) is 29.5 Å². The van der Waals surface area contributed by atoms with Gasteiger partial charge in [-0.15, -0.1) is 0 Å². The van der Waals surface area contributed by atoms with E-state index in [0.29, 0.717) is 5.75 Å². The Morgan fingerprint density at radius 2 is 1.44 bits per heavy atom. The van der Waals surface area contributed by atoms with E-state index in [-0.39, 0.29) is 0 Å². The lowest BCUT2D eigenvalue weighted by molar-refractivity contribution is 0.400. The molecule has 0 aliphatic carbocycles. The Morgan fingerprint density at radius 3 is 1.81 bits per heavy atom. The summed E-state index contributed by atoms with van der Waals surface area (Å²) in [6.07, 6.45) is 2.58. The highest BCUT2D eigenvalue weighted by Gasteiger charge is 2.18. The Labute approximate surface area is 98.3 Å². The predicted octanol–water partition coefficient (Wildman–Crippen LogP) is 3.40. The molecule has 1 N–H and O–H groups in total. The molecule has 0 radical (unpaired) electrons. The summed E-state index contributed by atoms with van der Waals surface area (Å²) < 4.78 is 5.50. The summed E-state index contributed by atoms with van der Waals surface area (Å²) in [7, 11) is 1.71. The minimum Gasteiger partial charge on any atom is -0.507 e. The van der Waals surface area contributed by atoms with Gasteiger partial charge in [0.1, 0.15) is 11.5 Å². The van der Waals surface area contributed by atoms with Crippen LogP contribution in [0.3, 0.4) is 0 Å². The Balaban J connectivity index is 3.61. The molecular weight excluding hydrogens is 200 g/mol. The van der Waals surface area contributed by atoms with Crippen LogP contribution in [0.4, 0.5) is 0 Å². The number of methoxy groups -OCH3 is 1. The quantitative estimate of drug-likeness (QED) is 0.846. The molecule has 0 atom stereocenters.